The molecule has 0 bridgehead atoms. The molecule has 0 radical (unpaired) electrons. The highest BCUT2D eigenvalue weighted by Gasteiger charge is 2.09. The fourth-order valence-corrected chi connectivity index (χ4v) is 1.74. The minimum atomic E-state index is -0.460. The molecule has 0 heterocycles. The molecule has 2 aromatic carbocycles. The van der Waals surface area contributed by atoms with Gasteiger partial charge in [-0.3, -0.25) is 4.79 Å². The molecule has 0 aliphatic rings. The fraction of sp³-hybridized carbons (Fsp3) is 0.0714. The summed E-state index contributed by atoms with van der Waals surface area (Å²) in [6.45, 7) is 0.414. The summed E-state index contributed by atoms with van der Waals surface area (Å²) in [5, 5.41) is 2.85. The molecule has 0 spiro atoms. The lowest BCUT2D eigenvalue weighted by atomic mass is 10.1. The van der Waals surface area contributed by atoms with Crippen LogP contribution in [0, 0.1) is 5.82 Å². The van der Waals surface area contributed by atoms with Crippen molar-refractivity contribution >= 4 is 23.2 Å². The molecule has 0 aromatic heterocycles. The fourth-order valence-electron chi connectivity index (χ4n) is 1.58. The molecule has 0 aliphatic heterocycles. The molecule has 0 fully saturated rings. The van der Waals surface area contributed by atoms with Gasteiger partial charge in [-0.05, 0) is 35.9 Å². The van der Waals surface area contributed by atoms with E-state index in [1.807, 2.05) is 0 Å². The van der Waals surface area contributed by atoms with Crippen LogP contribution in [0.1, 0.15) is 15.9 Å². The summed E-state index contributed by atoms with van der Waals surface area (Å²) in [7, 11) is 0. The van der Waals surface area contributed by atoms with E-state index < -0.39 is 5.82 Å². The molecule has 5 heteroatoms. The van der Waals surface area contributed by atoms with Crippen LogP contribution in [0.4, 0.5) is 10.1 Å². The summed E-state index contributed by atoms with van der Waals surface area (Å²) in [5.41, 5.74) is 7.11. The third-order valence-electron chi connectivity index (χ3n) is 2.63. The number of halogens is 2. The second-order valence-electron chi connectivity index (χ2n) is 3.98. The van der Waals surface area contributed by atoms with Gasteiger partial charge in [0.1, 0.15) is 5.82 Å². The first-order valence-corrected chi connectivity index (χ1v) is 6.03. The molecule has 0 saturated carbocycles. The lowest BCUT2D eigenvalue weighted by Gasteiger charge is -2.07. The molecule has 2 aromatic rings. The highest BCUT2D eigenvalue weighted by atomic mass is 35.5. The van der Waals surface area contributed by atoms with Gasteiger partial charge in [-0.25, -0.2) is 4.39 Å². The Bertz CT molecular complexity index is 599. The van der Waals surface area contributed by atoms with E-state index >= 15 is 0 Å². The third kappa shape index (κ3) is 3.30. The summed E-state index contributed by atoms with van der Waals surface area (Å²) in [4.78, 5) is 12.0. The second-order valence-corrected chi connectivity index (χ2v) is 4.39. The molecule has 3 N–H and O–H groups in total. The number of carbonyl (C=O) groups excluding carboxylic acids is 1. The highest BCUT2D eigenvalue weighted by molar-refractivity contribution is 6.33. The van der Waals surface area contributed by atoms with Gasteiger partial charge < -0.3 is 11.1 Å². The van der Waals surface area contributed by atoms with Gasteiger partial charge in [-0.1, -0.05) is 23.7 Å². The molecule has 0 unspecified atom stereocenters. The second kappa shape index (κ2) is 5.82. The van der Waals surface area contributed by atoms with E-state index in [1.54, 1.807) is 24.3 Å². The molecule has 3 nitrogen and oxygen atoms in total. The predicted octanol–water partition coefficient (Wildman–Crippen LogP) is 3.19. The van der Waals surface area contributed by atoms with Crippen LogP contribution in [0.5, 0.6) is 0 Å². The summed E-state index contributed by atoms with van der Waals surface area (Å²) < 4.78 is 13.1. The largest absolute Gasteiger partial charge is 0.326 e. The average Bonchev–Trinajstić information content (AvgIpc) is 2.43. The molecule has 1 amide bonds. The van der Waals surface area contributed by atoms with Crippen molar-refractivity contribution in [2.75, 3.05) is 5.32 Å². The van der Waals surface area contributed by atoms with E-state index in [0.717, 1.165) is 5.56 Å². The lowest BCUT2D eigenvalue weighted by Crippen LogP contribution is -2.12. The Morgan fingerprint density at radius 2 is 1.89 bits per heavy atom. The molecular formula is C14H12ClFN2O. The summed E-state index contributed by atoms with van der Waals surface area (Å²) in [6, 6.07) is 10.6. The zero-order chi connectivity index (χ0) is 13.8. The number of carbonyl (C=O) groups is 1. The lowest BCUT2D eigenvalue weighted by molar-refractivity contribution is 0.102. The molecule has 0 atom stereocenters. The van der Waals surface area contributed by atoms with E-state index in [-0.39, 0.29) is 16.6 Å². The van der Waals surface area contributed by atoms with Gasteiger partial charge in [0.25, 0.3) is 5.91 Å². The van der Waals surface area contributed by atoms with Crippen molar-refractivity contribution in [3.05, 3.63) is 64.4 Å². The maximum atomic E-state index is 13.1. The Hall–Kier alpha value is -1.91. The maximum absolute atomic E-state index is 13.1. The summed E-state index contributed by atoms with van der Waals surface area (Å²) in [6.07, 6.45) is 0. The molecule has 2 rings (SSSR count). The van der Waals surface area contributed by atoms with Gasteiger partial charge in [0, 0.05) is 12.1 Å². The minimum Gasteiger partial charge on any atom is -0.326 e. The van der Waals surface area contributed by atoms with Crippen molar-refractivity contribution < 1.29 is 9.18 Å². The van der Waals surface area contributed by atoms with Gasteiger partial charge in [-0.15, -0.1) is 0 Å². The van der Waals surface area contributed by atoms with Crippen LogP contribution < -0.4 is 11.1 Å². The standard InChI is InChI=1S/C14H12ClFN2O/c15-12-6-5-11(16)7-13(12)18-14(19)10-3-1-9(8-17)2-4-10/h1-7H,8,17H2,(H,18,19). The van der Waals surface area contributed by atoms with Crippen molar-refractivity contribution in [3.63, 3.8) is 0 Å². The van der Waals surface area contributed by atoms with Gasteiger partial charge >= 0.3 is 0 Å². The Kier molecular flexibility index (Phi) is 4.14. The highest BCUT2D eigenvalue weighted by Crippen LogP contribution is 2.23. The number of hydrogen-bond acceptors (Lipinski definition) is 2. The zero-order valence-electron chi connectivity index (χ0n) is 9.99. The van der Waals surface area contributed by atoms with Gasteiger partial charge in [0.05, 0.1) is 10.7 Å². The van der Waals surface area contributed by atoms with Crippen LogP contribution in [-0.4, -0.2) is 5.91 Å². The average molecular weight is 279 g/mol. The van der Waals surface area contributed by atoms with E-state index in [4.69, 9.17) is 17.3 Å². The van der Waals surface area contributed by atoms with E-state index in [0.29, 0.717) is 12.1 Å². The van der Waals surface area contributed by atoms with Crippen molar-refractivity contribution in [1.82, 2.24) is 0 Å². The van der Waals surface area contributed by atoms with E-state index in [2.05, 4.69) is 5.32 Å². The van der Waals surface area contributed by atoms with Crippen molar-refractivity contribution in [2.45, 2.75) is 6.54 Å². The van der Waals surface area contributed by atoms with Gasteiger partial charge in [0.15, 0.2) is 0 Å². The smallest absolute Gasteiger partial charge is 0.255 e. The zero-order valence-corrected chi connectivity index (χ0v) is 10.7. The van der Waals surface area contributed by atoms with Gasteiger partial charge in [0.2, 0.25) is 0 Å². The summed E-state index contributed by atoms with van der Waals surface area (Å²) >= 11 is 5.88. The number of anilines is 1. The van der Waals surface area contributed by atoms with Crippen molar-refractivity contribution in [2.24, 2.45) is 5.73 Å². The predicted molar refractivity (Wildman–Crippen MR) is 73.7 cm³/mol. The first-order valence-electron chi connectivity index (χ1n) is 5.65. The molecule has 0 saturated heterocycles. The molecule has 0 aliphatic carbocycles. The van der Waals surface area contributed by atoms with Crippen molar-refractivity contribution in [1.29, 1.82) is 0 Å². The number of rotatable bonds is 3. The topological polar surface area (TPSA) is 55.1 Å². The van der Waals surface area contributed by atoms with Crippen LogP contribution in [-0.2, 0) is 6.54 Å². The van der Waals surface area contributed by atoms with Crippen molar-refractivity contribution in [3.8, 4) is 0 Å². The first kappa shape index (κ1) is 13.5. The van der Waals surface area contributed by atoms with Crippen LogP contribution in [0.3, 0.4) is 0 Å². The SMILES string of the molecule is NCc1ccc(C(=O)Nc2cc(F)ccc2Cl)cc1. The molecular weight excluding hydrogens is 267 g/mol. The quantitative estimate of drug-likeness (QED) is 0.906. The van der Waals surface area contributed by atoms with E-state index in [9.17, 15) is 9.18 Å². The van der Waals surface area contributed by atoms with Crippen LogP contribution >= 0.6 is 11.6 Å². The summed E-state index contributed by atoms with van der Waals surface area (Å²) in [5.74, 6) is -0.811. The van der Waals surface area contributed by atoms with Crippen LogP contribution in [0.2, 0.25) is 5.02 Å². The van der Waals surface area contributed by atoms with E-state index in [1.165, 1.54) is 18.2 Å². The van der Waals surface area contributed by atoms with Crippen LogP contribution in [0.15, 0.2) is 42.5 Å². The number of hydrogen-bond donors (Lipinski definition) is 2. The number of benzene rings is 2. The molecule has 19 heavy (non-hydrogen) atoms. The normalized spacial score (nSPS) is 10.3. The van der Waals surface area contributed by atoms with Gasteiger partial charge in [-0.2, -0.15) is 0 Å². The Morgan fingerprint density at radius 3 is 2.53 bits per heavy atom. The molecule has 98 valence electrons. The monoisotopic (exact) mass is 278 g/mol. The number of nitrogens with two attached hydrogens (primary N) is 1. The first-order chi connectivity index (χ1) is 9.10. The Morgan fingerprint density at radius 1 is 1.21 bits per heavy atom. The number of nitrogens with one attached hydrogen (secondary N) is 1. The number of amides is 1. The Balaban J connectivity index is 2.18. The minimum absolute atomic E-state index is 0.245. The van der Waals surface area contributed by atoms with Crippen LogP contribution in [0.25, 0.3) is 0 Å². The maximum Gasteiger partial charge on any atom is 0.255 e. The third-order valence-corrected chi connectivity index (χ3v) is 2.96. The Labute approximate surface area is 115 Å².